The van der Waals surface area contributed by atoms with Crippen LogP contribution in [0.5, 0.6) is 11.5 Å². The monoisotopic (exact) mass is 215 g/mol. The minimum atomic E-state index is 0.255. The van der Waals surface area contributed by atoms with E-state index in [2.05, 4.69) is 0 Å². The van der Waals surface area contributed by atoms with Gasteiger partial charge in [-0.05, 0) is 24.3 Å². The second kappa shape index (κ2) is 3.41. The summed E-state index contributed by atoms with van der Waals surface area (Å²) in [7, 11) is 0. The summed E-state index contributed by atoms with van der Waals surface area (Å²) in [5.74, 6) is 1.45. The van der Waals surface area contributed by atoms with Gasteiger partial charge < -0.3 is 14.0 Å². The van der Waals surface area contributed by atoms with Crippen LogP contribution < -0.4 is 9.47 Å². The van der Waals surface area contributed by atoms with Crippen LogP contribution in [0.15, 0.2) is 36.5 Å². The van der Waals surface area contributed by atoms with Gasteiger partial charge in [0.2, 0.25) is 6.79 Å². The summed E-state index contributed by atoms with van der Waals surface area (Å²) in [6, 6.07) is 9.17. The molecule has 3 rings (SSSR count). The number of benzene rings is 1. The predicted octanol–water partition coefficient (Wildman–Crippen LogP) is 2.02. The summed E-state index contributed by atoms with van der Waals surface area (Å²) < 4.78 is 12.3. The Morgan fingerprint density at radius 2 is 2.06 bits per heavy atom. The Hall–Kier alpha value is -2.23. The molecule has 2 aromatic rings. The predicted molar refractivity (Wildman–Crippen MR) is 57.3 cm³/mol. The largest absolute Gasteiger partial charge is 0.454 e. The summed E-state index contributed by atoms with van der Waals surface area (Å²) in [6.45, 7) is 0.255. The van der Waals surface area contributed by atoms with Gasteiger partial charge in [0.05, 0.1) is 5.69 Å². The molecule has 16 heavy (non-hydrogen) atoms. The number of aldehydes is 1. The zero-order valence-corrected chi connectivity index (χ0v) is 8.42. The molecule has 1 aliphatic rings. The Morgan fingerprint density at radius 3 is 2.94 bits per heavy atom. The minimum Gasteiger partial charge on any atom is -0.454 e. The summed E-state index contributed by atoms with van der Waals surface area (Å²) in [5.41, 5.74) is 1.50. The van der Waals surface area contributed by atoms with Crippen molar-refractivity contribution in [2.24, 2.45) is 0 Å². The van der Waals surface area contributed by atoms with Crippen molar-refractivity contribution in [3.63, 3.8) is 0 Å². The van der Waals surface area contributed by atoms with E-state index in [1.165, 1.54) is 0 Å². The number of fused-ring (bicyclic) bond motifs is 1. The number of carbonyl (C=O) groups is 1. The molecule has 0 bridgehead atoms. The van der Waals surface area contributed by atoms with Gasteiger partial charge in [0, 0.05) is 18.0 Å². The highest BCUT2D eigenvalue weighted by molar-refractivity contribution is 5.74. The molecule has 4 heteroatoms. The number of aromatic nitrogens is 1. The van der Waals surface area contributed by atoms with Crippen LogP contribution in [0, 0.1) is 0 Å². The molecule has 1 aromatic carbocycles. The van der Waals surface area contributed by atoms with E-state index in [1.54, 1.807) is 10.6 Å². The van der Waals surface area contributed by atoms with Crippen molar-refractivity contribution in [1.29, 1.82) is 0 Å². The van der Waals surface area contributed by atoms with Crippen molar-refractivity contribution < 1.29 is 14.3 Å². The molecule has 0 unspecified atom stereocenters. The average molecular weight is 215 g/mol. The number of ether oxygens (including phenoxy) is 2. The molecule has 0 saturated carbocycles. The Labute approximate surface area is 92.0 Å². The number of hydrogen-bond acceptors (Lipinski definition) is 3. The molecule has 0 N–H and O–H groups in total. The van der Waals surface area contributed by atoms with Gasteiger partial charge in [-0.25, -0.2) is 0 Å². The minimum absolute atomic E-state index is 0.255. The van der Waals surface area contributed by atoms with E-state index in [0.29, 0.717) is 11.4 Å². The fourth-order valence-corrected chi connectivity index (χ4v) is 1.76. The van der Waals surface area contributed by atoms with Gasteiger partial charge in [-0.3, -0.25) is 4.79 Å². The molecule has 80 valence electrons. The lowest BCUT2D eigenvalue weighted by atomic mass is 10.2. The third-order valence-corrected chi connectivity index (χ3v) is 2.54. The van der Waals surface area contributed by atoms with Crippen LogP contribution >= 0.6 is 0 Å². The quantitative estimate of drug-likeness (QED) is 0.719. The smallest absolute Gasteiger partial charge is 0.231 e. The molecule has 4 nitrogen and oxygen atoms in total. The molecule has 0 amide bonds. The van der Waals surface area contributed by atoms with E-state index in [1.807, 2.05) is 30.5 Å². The van der Waals surface area contributed by atoms with E-state index in [4.69, 9.17) is 9.47 Å². The molecule has 1 aromatic heterocycles. The third-order valence-electron chi connectivity index (χ3n) is 2.54. The fraction of sp³-hybridized carbons (Fsp3) is 0.0833. The normalized spacial score (nSPS) is 12.8. The highest BCUT2D eigenvalue weighted by Gasteiger charge is 2.14. The van der Waals surface area contributed by atoms with Crippen molar-refractivity contribution in [2.45, 2.75) is 0 Å². The lowest BCUT2D eigenvalue weighted by molar-refractivity contribution is 0.111. The zero-order chi connectivity index (χ0) is 11.0. The Balaban J connectivity index is 2.10. The number of carbonyl (C=O) groups excluding carboxylic acids is 1. The van der Waals surface area contributed by atoms with Crippen LogP contribution in [0.4, 0.5) is 0 Å². The van der Waals surface area contributed by atoms with Crippen LogP contribution in [0.3, 0.4) is 0 Å². The summed E-state index contributed by atoms with van der Waals surface area (Å²) in [5, 5.41) is 0. The van der Waals surface area contributed by atoms with Crippen LogP contribution in [0.1, 0.15) is 10.5 Å². The third kappa shape index (κ3) is 1.27. The van der Waals surface area contributed by atoms with Crippen LogP contribution in [0.2, 0.25) is 0 Å². The second-order valence-electron chi connectivity index (χ2n) is 3.46. The molecule has 0 atom stereocenters. The Kier molecular flexibility index (Phi) is 1.93. The zero-order valence-electron chi connectivity index (χ0n) is 8.42. The van der Waals surface area contributed by atoms with Crippen molar-refractivity contribution >= 4 is 6.29 Å². The molecule has 0 saturated heterocycles. The molecule has 0 radical (unpaired) electrons. The molecular weight excluding hydrogens is 206 g/mol. The maximum atomic E-state index is 10.8. The number of hydrogen-bond donors (Lipinski definition) is 0. The summed E-state index contributed by atoms with van der Waals surface area (Å²) in [4.78, 5) is 10.8. The molecule has 0 spiro atoms. The molecule has 0 fully saturated rings. The van der Waals surface area contributed by atoms with E-state index in [-0.39, 0.29) is 6.79 Å². The maximum Gasteiger partial charge on any atom is 0.231 e. The molecular formula is C12H9NO3. The van der Waals surface area contributed by atoms with Gasteiger partial charge in [-0.15, -0.1) is 0 Å². The average Bonchev–Trinajstić information content (AvgIpc) is 2.96. The summed E-state index contributed by atoms with van der Waals surface area (Å²) >= 11 is 0. The fourth-order valence-electron chi connectivity index (χ4n) is 1.76. The topological polar surface area (TPSA) is 40.5 Å². The van der Waals surface area contributed by atoms with Gasteiger partial charge in [-0.1, -0.05) is 0 Å². The number of rotatable bonds is 2. The van der Waals surface area contributed by atoms with Crippen molar-refractivity contribution in [1.82, 2.24) is 4.57 Å². The lowest BCUT2D eigenvalue weighted by Crippen LogP contribution is -1.97. The van der Waals surface area contributed by atoms with E-state index < -0.39 is 0 Å². The van der Waals surface area contributed by atoms with E-state index >= 15 is 0 Å². The van der Waals surface area contributed by atoms with Gasteiger partial charge in [0.25, 0.3) is 0 Å². The van der Waals surface area contributed by atoms with Crippen LogP contribution in [-0.2, 0) is 0 Å². The van der Waals surface area contributed by atoms with Gasteiger partial charge >= 0.3 is 0 Å². The van der Waals surface area contributed by atoms with Crippen molar-refractivity contribution in [2.75, 3.05) is 6.79 Å². The van der Waals surface area contributed by atoms with Crippen molar-refractivity contribution in [3.8, 4) is 17.2 Å². The lowest BCUT2D eigenvalue weighted by Gasteiger charge is -2.06. The first kappa shape index (κ1) is 9.03. The molecule has 2 heterocycles. The SMILES string of the molecule is O=Cc1cccn1-c1ccc2c(c1)OCO2. The number of nitrogens with zero attached hydrogens (tertiary/aromatic N) is 1. The van der Waals surface area contributed by atoms with Gasteiger partial charge in [0.15, 0.2) is 17.8 Å². The van der Waals surface area contributed by atoms with E-state index in [0.717, 1.165) is 17.7 Å². The second-order valence-corrected chi connectivity index (χ2v) is 3.46. The van der Waals surface area contributed by atoms with E-state index in [9.17, 15) is 4.79 Å². The first-order valence-electron chi connectivity index (χ1n) is 4.91. The first-order chi connectivity index (χ1) is 7.88. The highest BCUT2D eigenvalue weighted by atomic mass is 16.7. The summed E-state index contributed by atoms with van der Waals surface area (Å²) in [6.07, 6.45) is 2.66. The maximum absolute atomic E-state index is 10.8. The molecule has 0 aliphatic carbocycles. The Bertz CT molecular complexity index is 545. The van der Waals surface area contributed by atoms with Gasteiger partial charge in [0.1, 0.15) is 0 Å². The van der Waals surface area contributed by atoms with Crippen LogP contribution in [0.25, 0.3) is 5.69 Å². The highest BCUT2D eigenvalue weighted by Crippen LogP contribution is 2.33. The Morgan fingerprint density at radius 1 is 1.19 bits per heavy atom. The van der Waals surface area contributed by atoms with Crippen molar-refractivity contribution in [3.05, 3.63) is 42.2 Å². The van der Waals surface area contributed by atoms with Gasteiger partial charge in [-0.2, -0.15) is 0 Å². The standard InChI is InChI=1S/C12H9NO3/c14-7-10-2-1-5-13(10)9-3-4-11-12(6-9)16-8-15-11/h1-7H,8H2. The van der Waals surface area contributed by atoms with Crippen LogP contribution in [-0.4, -0.2) is 17.6 Å². The first-order valence-corrected chi connectivity index (χ1v) is 4.91. The molecule has 1 aliphatic heterocycles.